The maximum Gasteiger partial charge on any atom is 0.272 e. The molecule has 0 radical (unpaired) electrons. The van der Waals surface area contributed by atoms with Crippen LogP contribution in [-0.4, -0.2) is 96.1 Å². The molecule has 3 aliphatic heterocycles. The normalized spacial score (nSPS) is 21.5. The van der Waals surface area contributed by atoms with Crippen molar-refractivity contribution in [1.29, 1.82) is 0 Å². The Morgan fingerprint density at radius 2 is 1.77 bits per heavy atom. The van der Waals surface area contributed by atoms with Gasteiger partial charge in [-0.3, -0.25) is 4.79 Å². The number of hydrogen-bond donors (Lipinski definition) is 0. The van der Waals surface area contributed by atoms with Crippen LogP contribution < -0.4 is 4.74 Å². The summed E-state index contributed by atoms with van der Waals surface area (Å²) in [7, 11) is -1.48. The molecule has 4 heterocycles. The number of likely N-dealkylation sites (tertiary alicyclic amines) is 2. The number of para-hydroxylation sites is 1. The highest BCUT2D eigenvalue weighted by Gasteiger charge is 2.33. The van der Waals surface area contributed by atoms with E-state index in [1.807, 2.05) is 24.0 Å². The van der Waals surface area contributed by atoms with Gasteiger partial charge in [0, 0.05) is 43.5 Å². The van der Waals surface area contributed by atoms with Crippen molar-refractivity contribution in [2.24, 2.45) is 0 Å². The average Bonchev–Trinajstić information content (AvgIpc) is 2.95. The molecule has 2 saturated heterocycles. The number of aryl methyl sites for hydroxylation is 2. The van der Waals surface area contributed by atoms with Crippen molar-refractivity contribution >= 4 is 15.9 Å². The van der Waals surface area contributed by atoms with Crippen LogP contribution in [0.3, 0.4) is 0 Å². The predicted octanol–water partition coefficient (Wildman–Crippen LogP) is 3.07. The zero-order valence-corrected chi connectivity index (χ0v) is 24.2. The number of nitrogens with zero attached hydrogens (tertiary/aromatic N) is 5. The molecule has 1 aromatic heterocycles. The van der Waals surface area contributed by atoms with Crippen LogP contribution in [-0.2, 0) is 22.9 Å². The highest BCUT2D eigenvalue weighted by Crippen LogP contribution is 2.29. The molecule has 2 aromatic rings. The van der Waals surface area contributed by atoms with Gasteiger partial charge in [-0.1, -0.05) is 18.2 Å². The Bertz CT molecular complexity index is 1270. The van der Waals surface area contributed by atoms with Gasteiger partial charge in [0.05, 0.1) is 12.4 Å². The summed E-state index contributed by atoms with van der Waals surface area (Å²) in [6, 6.07) is 8.74. The molecule has 1 atom stereocenters. The Morgan fingerprint density at radius 3 is 2.49 bits per heavy atom. The first-order valence-electron chi connectivity index (χ1n) is 14.2. The zero-order valence-electron chi connectivity index (χ0n) is 23.4. The molecular formula is C29H41N5O4S. The first-order valence-corrected chi connectivity index (χ1v) is 16.1. The van der Waals surface area contributed by atoms with E-state index >= 15 is 0 Å². The minimum atomic E-state index is -3.16. The predicted molar refractivity (Wildman–Crippen MR) is 150 cm³/mol. The Morgan fingerprint density at radius 1 is 1.05 bits per heavy atom. The van der Waals surface area contributed by atoms with E-state index in [-0.39, 0.29) is 18.1 Å². The maximum absolute atomic E-state index is 13.4. The number of benzene rings is 1. The van der Waals surface area contributed by atoms with Crippen LogP contribution in [0, 0.1) is 6.92 Å². The molecular weight excluding hydrogens is 514 g/mol. The topological polar surface area (TPSA) is 95.9 Å². The van der Waals surface area contributed by atoms with Gasteiger partial charge >= 0.3 is 0 Å². The summed E-state index contributed by atoms with van der Waals surface area (Å²) in [5.41, 5.74) is 3.58. The minimum Gasteiger partial charge on any atom is -0.490 e. The fraction of sp³-hybridized carbons (Fsp3) is 0.621. The van der Waals surface area contributed by atoms with Crippen LogP contribution in [0.25, 0.3) is 0 Å². The Labute approximate surface area is 232 Å². The molecule has 0 N–H and O–H groups in total. The standard InChI is InChI=1S/C29H41N5O4S/c1-21-26(11-10-25-9-8-22-6-4-5-7-27(22)38-25)30-20-31-28(21)29(35)34-18-14-24(15-19-34)33-16-12-23(13-17-33)32(2)39(3,36)37/h4-7,20,23-25H,8-19H2,1-3H3. The molecule has 1 amide bonds. The molecule has 5 rings (SSSR count). The monoisotopic (exact) mass is 555 g/mol. The van der Waals surface area contributed by atoms with E-state index in [1.165, 1.54) is 22.5 Å². The Balaban J connectivity index is 1.12. The third-order valence-corrected chi connectivity index (χ3v) is 10.2. The number of rotatable bonds is 7. The number of hydrogen-bond acceptors (Lipinski definition) is 7. The molecule has 9 nitrogen and oxygen atoms in total. The summed E-state index contributed by atoms with van der Waals surface area (Å²) < 4.78 is 31.5. The van der Waals surface area contributed by atoms with Gasteiger partial charge in [-0.15, -0.1) is 0 Å². The van der Waals surface area contributed by atoms with Crippen molar-refractivity contribution in [2.45, 2.75) is 76.5 Å². The van der Waals surface area contributed by atoms with Crippen LogP contribution >= 0.6 is 0 Å². The summed E-state index contributed by atoms with van der Waals surface area (Å²) in [5, 5.41) is 0. The van der Waals surface area contributed by atoms with E-state index in [0.717, 1.165) is 81.5 Å². The lowest BCUT2D eigenvalue weighted by Gasteiger charge is -2.43. The lowest BCUT2D eigenvalue weighted by molar-refractivity contribution is 0.0542. The second kappa shape index (κ2) is 11.9. The quantitative estimate of drug-likeness (QED) is 0.518. The van der Waals surface area contributed by atoms with Crippen LogP contribution in [0.2, 0.25) is 0 Å². The van der Waals surface area contributed by atoms with Crippen LogP contribution in [0.4, 0.5) is 0 Å². The van der Waals surface area contributed by atoms with Gasteiger partial charge in [0.25, 0.3) is 5.91 Å². The summed E-state index contributed by atoms with van der Waals surface area (Å²) in [6.07, 6.45) is 10.2. The first kappa shape index (κ1) is 28.0. The SMILES string of the molecule is Cc1c(CCC2CCc3ccccc3O2)ncnc1C(=O)N1CCC(N2CCC(N(C)S(C)(=O)=O)CC2)CC1. The van der Waals surface area contributed by atoms with Crippen LogP contribution in [0.15, 0.2) is 30.6 Å². The van der Waals surface area contributed by atoms with Crippen molar-refractivity contribution in [3.8, 4) is 5.75 Å². The molecule has 3 aliphatic rings. The minimum absolute atomic E-state index is 0.00840. The maximum atomic E-state index is 13.4. The molecule has 212 valence electrons. The number of ether oxygens (including phenoxy) is 1. The van der Waals surface area contributed by atoms with Gasteiger partial charge in [0.1, 0.15) is 17.8 Å². The van der Waals surface area contributed by atoms with Gasteiger partial charge in [-0.05, 0) is 83.0 Å². The molecule has 1 aromatic carbocycles. The molecule has 1 unspecified atom stereocenters. The van der Waals surface area contributed by atoms with Crippen molar-refractivity contribution in [3.05, 3.63) is 53.1 Å². The van der Waals surface area contributed by atoms with Crippen LogP contribution in [0.1, 0.15) is 65.8 Å². The van der Waals surface area contributed by atoms with E-state index in [2.05, 4.69) is 27.0 Å². The number of amides is 1. The highest BCUT2D eigenvalue weighted by molar-refractivity contribution is 7.88. The number of piperidine rings is 2. The number of fused-ring (bicyclic) bond motifs is 1. The molecule has 0 aliphatic carbocycles. The van der Waals surface area contributed by atoms with Crippen molar-refractivity contribution in [3.63, 3.8) is 0 Å². The van der Waals surface area contributed by atoms with Crippen molar-refractivity contribution in [1.82, 2.24) is 24.1 Å². The van der Waals surface area contributed by atoms with Gasteiger partial charge in [-0.25, -0.2) is 22.7 Å². The Kier molecular flexibility index (Phi) is 8.54. The Hall–Kier alpha value is -2.56. The summed E-state index contributed by atoms with van der Waals surface area (Å²) >= 11 is 0. The summed E-state index contributed by atoms with van der Waals surface area (Å²) in [5.74, 6) is 0.976. The third kappa shape index (κ3) is 6.44. The lowest BCUT2D eigenvalue weighted by Crippen LogP contribution is -2.52. The van der Waals surface area contributed by atoms with Gasteiger partial charge in [0.2, 0.25) is 10.0 Å². The largest absolute Gasteiger partial charge is 0.490 e. The second-order valence-corrected chi connectivity index (χ2v) is 13.3. The summed E-state index contributed by atoms with van der Waals surface area (Å²) in [6.45, 7) is 5.17. The zero-order chi connectivity index (χ0) is 27.6. The molecule has 0 spiro atoms. The molecule has 10 heteroatoms. The van der Waals surface area contributed by atoms with E-state index < -0.39 is 10.0 Å². The highest BCUT2D eigenvalue weighted by atomic mass is 32.2. The van der Waals surface area contributed by atoms with Gasteiger partial charge in [0.15, 0.2) is 0 Å². The third-order valence-electron chi connectivity index (χ3n) is 8.90. The van der Waals surface area contributed by atoms with Gasteiger partial charge < -0.3 is 14.5 Å². The van der Waals surface area contributed by atoms with Gasteiger partial charge in [-0.2, -0.15) is 0 Å². The fourth-order valence-electron chi connectivity index (χ4n) is 6.30. The number of carbonyl (C=O) groups excluding carboxylic acids is 1. The number of aromatic nitrogens is 2. The fourth-order valence-corrected chi connectivity index (χ4v) is 7.06. The average molecular weight is 556 g/mol. The van der Waals surface area contributed by atoms with E-state index in [1.54, 1.807) is 7.05 Å². The van der Waals surface area contributed by atoms with E-state index in [4.69, 9.17) is 4.74 Å². The van der Waals surface area contributed by atoms with Crippen molar-refractivity contribution in [2.75, 3.05) is 39.5 Å². The molecule has 2 fully saturated rings. The van der Waals surface area contributed by atoms with E-state index in [0.29, 0.717) is 24.8 Å². The second-order valence-electron chi connectivity index (χ2n) is 11.3. The lowest BCUT2D eigenvalue weighted by atomic mass is 9.97. The smallest absolute Gasteiger partial charge is 0.272 e. The molecule has 0 bridgehead atoms. The van der Waals surface area contributed by atoms with Crippen molar-refractivity contribution < 1.29 is 17.9 Å². The summed E-state index contributed by atoms with van der Waals surface area (Å²) in [4.78, 5) is 26.8. The number of carbonyl (C=O) groups is 1. The molecule has 0 saturated carbocycles. The van der Waals surface area contributed by atoms with Crippen LogP contribution in [0.5, 0.6) is 5.75 Å². The first-order chi connectivity index (χ1) is 18.7. The van der Waals surface area contributed by atoms with E-state index in [9.17, 15) is 13.2 Å². The number of sulfonamides is 1. The molecule has 39 heavy (non-hydrogen) atoms.